The third-order valence-electron chi connectivity index (χ3n) is 10.6. The van der Waals surface area contributed by atoms with Crippen LogP contribution in [-0.2, 0) is 12.8 Å². The van der Waals surface area contributed by atoms with E-state index in [0.29, 0.717) is 0 Å². The van der Waals surface area contributed by atoms with E-state index in [1.807, 2.05) is 0 Å². The van der Waals surface area contributed by atoms with E-state index in [2.05, 4.69) is 145 Å². The van der Waals surface area contributed by atoms with Crippen LogP contribution in [0.25, 0.3) is 55.7 Å². The Morgan fingerprint density at radius 2 is 0.769 bits per heavy atom. The lowest BCUT2D eigenvalue weighted by molar-refractivity contribution is 0.604. The molecule has 0 atom stereocenters. The first-order valence-corrected chi connectivity index (χ1v) is 20.0. The normalized spacial score (nSPS) is 11.6. The summed E-state index contributed by atoms with van der Waals surface area (Å²) in [6, 6.07) is 43.7. The number of hydrogen-bond acceptors (Lipinski definition) is 2. The lowest BCUT2D eigenvalue weighted by atomic mass is 9.97. The second kappa shape index (κ2) is 17.5. The molecule has 0 N–H and O–H groups in total. The summed E-state index contributed by atoms with van der Waals surface area (Å²) in [5.74, 6) is 0. The molecule has 0 amide bonds. The molecule has 4 nitrogen and oxygen atoms in total. The van der Waals surface area contributed by atoms with Gasteiger partial charge in [0, 0.05) is 21.9 Å². The highest BCUT2D eigenvalue weighted by molar-refractivity contribution is 5.95. The maximum Gasteiger partial charge on any atom is 0.101 e. The average molecular weight is 687 g/mol. The van der Waals surface area contributed by atoms with Crippen LogP contribution in [0.5, 0.6) is 0 Å². The quantitative estimate of drug-likeness (QED) is 0.0842. The molecule has 7 aromatic rings. The lowest BCUT2D eigenvalue weighted by Gasteiger charge is -2.18. The Labute approximate surface area is 310 Å². The first-order chi connectivity index (χ1) is 25.8. The number of rotatable bonds is 18. The van der Waals surface area contributed by atoms with Gasteiger partial charge in [0.1, 0.15) is 11.4 Å². The predicted molar refractivity (Wildman–Crippen MR) is 221 cm³/mol. The zero-order valence-corrected chi connectivity index (χ0v) is 31.2. The van der Waals surface area contributed by atoms with Gasteiger partial charge >= 0.3 is 0 Å². The maximum absolute atomic E-state index is 5.42. The molecule has 4 heteroatoms. The standard InChI is InChI=1S/C48H54N4/c1-3-5-7-9-11-15-29-39-35-46(52-44-34-24-22-32-42(44)48(50-52)38-27-19-14-20-28-38)40(30-16-12-10-8-6-4-2)36-45(39)51-43-33-23-21-31-41(43)47(49-51)37-25-17-13-18-26-37/h13-14,17-28,31-36H,3-12,15-16,29-30H2,1-2H3. The van der Waals surface area contributed by atoms with Gasteiger partial charge in [0.15, 0.2) is 0 Å². The molecule has 0 saturated carbocycles. The number of aryl methyl sites for hydroxylation is 2. The van der Waals surface area contributed by atoms with Gasteiger partial charge in [-0.15, -0.1) is 0 Å². The molecular weight excluding hydrogens is 633 g/mol. The molecule has 2 aromatic heterocycles. The second-order valence-corrected chi connectivity index (χ2v) is 14.4. The van der Waals surface area contributed by atoms with Crippen molar-refractivity contribution in [2.75, 3.05) is 0 Å². The van der Waals surface area contributed by atoms with E-state index in [1.165, 1.54) is 97.5 Å². The van der Waals surface area contributed by atoms with Crippen LogP contribution in [0.3, 0.4) is 0 Å². The molecule has 0 aliphatic rings. The van der Waals surface area contributed by atoms with Crippen molar-refractivity contribution in [3.05, 3.63) is 132 Å². The molecule has 2 heterocycles. The predicted octanol–water partition coefficient (Wildman–Crippen LogP) is 13.5. The minimum Gasteiger partial charge on any atom is -0.232 e. The Morgan fingerprint density at radius 3 is 1.19 bits per heavy atom. The van der Waals surface area contributed by atoms with E-state index < -0.39 is 0 Å². The van der Waals surface area contributed by atoms with Crippen molar-refractivity contribution < 1.29 is 0 Å². The number of hydrogen-bond donors (Lipinski definition) is 0. The highest BCUT2D eigenvalue weighted by Gasteiger charge is 2.21. The summed E-state index contributed by atoms with van der Waals surface area (Å²) in [6.07, 6.45) is 17.2. The average Bonchev–Trinajstić information content (AvgIpc) is 3.78. The smallest absolute Gasteiger partial charge is 0.101 e. The number of nitrogens with zero attached hydrogens (tertiary/aromatic N) is 4. The van der Waals surface area contributed by atoms with Crippen LogP contribution in [0.4, 0.5) is 0 Å². The molecule has 7 rings (SSSR count). The SMILES string of the molecule is CCCCCCCCc1cc(-n2nc(-c3ccccc3)c3ccccc32)c(CCCCCCCC)cc1-n1nc(-c2ccccc2)c2ccccc21. The molecule has 0 aliphatic carbocycles. The Bertz CT molecular complexity index is 2020. The third kappa shape index (κ3) is 7.92. The third-order valence-corrected chi connectivity index (χ3v) is 10.6. The van der Waals surface area contributed by atoms with E-state index in [-0.39, 0.29) is 0 Å². The highest BCUT2D eigenvalue weighted by Crippen LogP contribution is 2.36. The van der Waals surface area contributed by atoms with Gasteiger partial charge in [0.05, 0.1) is 22.4 Å². The zero-order chi connectivity index (χ0) is 35.5. The summed E-state index contributed by atoms with van der Waals surface area (Å²) in [7, 11) is 0. The molecule has 0 aliphatic heterocycles. The van der Waals surface area contributed by atoms with Gasteiger partial charge in [-0.25, -0.2) is 9.36 Å². The van der Waals surface area contributed by atoms with Gasteiger partial charge < -0.3 is 0 Å². The summed E-state index contributed by atoms with van der Waals surface area (Å²) in [5.41, 5.74) is 11.8. The van der Waals surface area contributed by atoms with Gasteiger partial charge in [0.2, 0.25) is 0 Å². The van der Waals surface area contributed by atoms with Crippen LogP contribution in [0, 0.1) is 0 Å². The van der Waals surface area contributed by atoms with E-state index in [1.54, 1.807) is 0 Å². The molecule has 0 fully saturated rings. The van der Waals surface area contributed by atoms with Crippen LogP contribution >= 0.6 is 0 Å². The van der Waals surface area contributed by atoms with Crippen molar-refractivity contribution in [2.24, 2.45) is 0 Å². The molecule has 266 valence electrons. The fraction of sp³-hybridized carbons (Fsp3) is 0.333. The molecule has 0 saturated heterocycles. The lowest BCUT2D eigenvalue weighted by Crippen LogP contribution is -2.09. The first kappa shape index (κ1) is 35.4. The van der Waals surface area contributed by atoms with Crippen molar-refractivity contribution in [2.45, 2.75) is 104 Å². The van der Waals surface area contributed by atoms with Gasteiger partial charge in [-0.2, -0.15) is 10.2 Å². The largest absolute Gasteiger partial charge is 0.232 e. The fourth-order valence-corrected chi connectivity index (χ4v) is 7.77. The van der Waals surface area contributed by atoms with Crippen molar-refractivity contribution in [3.63, 3.8) is 0 Å². The highest BCUT2D eigenvalue weighted by atomic mass is 15.3. The van der Waals surface area contributed by atoms with E-state index >= 15 is 0 Å². The first-order valence-electron chi connectivity index (χ1n) is 20.0. The van der Waals surface area contributed by atoms with E-state index in [0.717, 1.165) is 59.2 Å². The van der Waals surface area contributed by atoms with Gasteiger partial charge in [-0.1, -0.05) is 175 Å². The second-order valence-electron chi connectivity index (χ2n) is 14.4. The Kier molecular flexibility index (Phi) is 11.9. The van der Waals surface area contributed by atoms with Crippen molar-refractivity contribution in [1.82, 2.24) is 19.6 Å². The van der Waals surface area contributed by atoms with E-state index in [9.17, 15) is 0 Å². The maximum atomic E-state index is 5.42. The molecular formula is C48H54N4. The summed E-state index contributed by atoms with van der Waals surface area (Å²) in [5, 5.41) is 13.2. The fourth-order valence-electron chi connectivity index (χ4n) is 7.77. The molecule has 0 unspecified atom stereocenters. The minimum atomic E-state index is 1.01. The van der Waals surface area contributed by atoms with Crippen LogP contribution in [-0.4, -0.2) is 19.6 Å². The van der Waals surface area contributed by atoms with Crippen molar-refractivity contribution >= 4 is 21.8 Å². The summed E-state index contributed by atoms with van der Waals surface area (Å²) < 4.78 is 4.49. The van der Waals surface area contributed by atoms with Crippen LogP contribution < -0.4 is 0 Å². The topological polar surface area (TPSA) is 35.6 Å². The molecule has 52 heavy (non-hydrogen) atoms. The Morgan fingerprint density at radius 1 is 0.404 bits per heavy atom. The molecule has 0 spiro atoms. The number of para-hydroxylation sites is 2. The Hall–Kier alpha value is -4.96. The Balaban J connectivity index is 1.39. The summed E-state index contributed by atoms with van der Waals surface area (Å²) >= 11 is 0. The van der Waals surface area contributed by atoms with Gasteiger partial charge in [-0.05, 0) is 61.1 Å². The number of fused-ring (bicyclic) bond motifs is 2. The van der Waals surface area contributed by atoms with Gasteiger partial charge in [0.25, 0.3) is 0 Å². The summed E-state index contributed by atoms with van der Waals surface area (Å²) in [6.45, 7) is 4.59. The summed E-state index contributed by atoms with van der Waals surface area (Å²) in [4.78, 5) is 0. The van der Waals surface area contributed by atoms with E-state index in [4.69, 9.17) is 10.2 Å². The molecule has 0 radical (unpaired) electrons. The van der Waals surface area contributed by atoms with Crippen molar-refractivity contribution in [1.29, 1.82) is 0 Å². The van der Waals surface area contributed by atoms with Gasteiger partial charge in [-0.3, -0.25) is 0 Å². The number of aromatic nitrogens is 4. The van der Waals surface area contributed by atoms with Crippen LogP contribution in [0.1, 0.15) is 102 Å². The van der Waals surface area contributed by atoms with Crippen LogP contribution in [0.2, 0.25) is 0 Å². The minimum absolute atomic E-state index is 1.01. The van der Waals surface area contributed by atoms with Crippen molar-refractivity contribution in [3.8, 4) is 33.9 Å². The number of unbranched alkanes of at least 4 members (excludes halogenated alkanes) is 10. The van der Waals surface area contributed by atoms with Crippen LogP contribution in [0.15, 0.2) is 121 Å². The molecule has 5 aromatic carbocycles. The molecule has 0 bridgehead atoms. The monoisotopic (exact) mass is 686 g/mol. The zero-order valence-electron chi connectivity index (χ0n) is 31.2. The number of benzene rings is 5.